The number of carboxylic acid groups (broad SMARTS) is 2. The van der Waals surface area contributed by atoms with E-state index in [4.69, 9.17) is 19.7 Å². The van der Waals surface area contributed by atoms with E-state index in [0.717, 1.165) is 38.9 Å². The molecule has 0 aliphatic rings. The third-order valence-electron chi connectivity index (χ3n) is 2.77. The molecule has 0 fully saturated rings. The molecule has 0 heterocycles. The molecule has 0 atom stereocenters. The molecule has 0 bridgehead atoms. The van der Waals surface area contributed by atoms with Crippen molar-refractivity contribution in [1.29, 1.82) is 0 Å². The summed E-state index contributed by atoms with van der Waals surface area (Å²) >= 11 is 0. The number of ether oxygens (including phenoxy) is 2. The van der Waals surface area contributed by atoms with Crippen molar-refractivity contribution in [2.75, 3.05) is 26.4 Å². The van der Waals surface area contributed by atoms with E-state index in [1.54, 1.807) is 0 Å². The molecule has 0 saturated carbocycles. The van der Waals surface area contributed by atoms with Crippen LogP contribution in [-0.2, 0) is 19.1 Å². The molecule has 6 nitrogen and oxygen atoms in total. The SMILES string of the molecule is CCOCC.O=C(O)CCCCCOCCCCCC(=O)O. The number of unbranched alkanes of at least 4 members (excludes halogenated alkanes) is 4. The fourth-order valence-corrected chi connectivity index (χ4v) is 1.62. The van der Waals surface area contributed by atoms with Crippen molar-refractivity contribution in [3.8, 4) is 0 Å². The average Bonchev–Trinajstić information content (AvgIpc) is 2.45. The fourth-order valence-electron chi connectivity index (χ4n) is 1.62. The molecular weight excluding hydrogens is 288 g/mol. The van der Waals surface area contributed by atoms with Crippen molar-refractivity contribution in [2.45, 2.75) is 65.2 Å². The molecule has 0 aliphatic heterocycles. The number of carboxylic acids is 2. The summed E-state index contributed by atoms with van der Waals surface area (Å²) in [5.74, 6) is -1.49. The summed E-state index contributed by atoms with van der Waals surface area (Å²) in [5.41, 5.74) is 0. The van der Waals surface area contributed by atoms with Gasteiger partial charge in [-0.25, -0.2) is 0 Å². The van der Waals surface area contributed by atoms with Crippen LogP contribution in [0, 0.1) is 0 Å². The van der Waals surface area contributed by atoms with Gasteiger partial charge in [0, 0.05) is 39.3 Å². The van der Waals surface area contributed by atoms with Gasteiger partial charge in [0.25, 0.3) is 0 Å². The first-order chi connectivity index (χ1) is 10.5. The molecule has 2 N–H and O–H groups in total. The predicted molar refractivity (Wildman–Crippen MR) is 85.2 cm³/mol. The summed E-state index contributed by atoms with van der Waals surface area (Å²) < 4.78 is 10.2. The second-order valence-electron chi connectivity index (χ2n) is 4.80. The summed E-state index contributed by atoms with van der Waals surface area (Å²) in [6.07, 6.45) is 5.42. The Hall–Kier alpha value is -1.14. The summed E-state index contributed by atoms with van der Waals surface area (Å²) in [7, 11) is 0. The highest BCUT2D eigenvalue weighted by Crippen LogP contribution is 2.02. The van der Waals surface area contributed by atoms with Crippen LogP contribution in [0.15, 0.2) is 0 Å². The second-order valence-corrected chi connectivity index (χ2v) is 4.80. The van der Waals surface area contributed by atoms with Gasteiger partial charge in [-0.1, -0.05) is 12.8 Å². The van der Waals surface area contributed by atoms with E-state index >= 15 is 0 Å². The number of rotatable bonds is 14. The van der Waals surface area contributed by atoms with Gasteiger partial charge in [-0.15, -0.1) is 0 Å². The van der Waals surface area contributed by atoms with Gasteiger partial charge in [0.15, 0.2) is 0 Å². The zero-order valence-electron chi connectivity index (χ0n) is 14.0. The minimum atomic E-state index is -0.746. The average molecular weight is 320 g/mol. The van der Waals surface area contributed by atoms with E-state index in [1.807, 2.05) is 13.8 Å². The Labute approximate surface area is 133 Å². The first-order valence-electron chi connectivity index (χ1n) is 8.13. The maximum Gasteiger partial charge on any atom is 0.303 e. The summed E-state index contributed by atoms with van der Waals surface area (Å²) in [5, 5.41) is 16.8. The van der Waals surface area contributed by atoms with Gasteiger partial charge in [-0.2, -0.15) is 0 Å². The highest BCUT2D eigenvalue weighted by atomic mass is 16.5. The Morgan fingerprint density at radius 1 is 0.682 bits per heavy atom. The van der Waals surface area contributed by atoms with E-state index in [2.05, 4.69) is 0 Å². The normalized spacial score (nSPS) is 9.91. The van der Waals surface area contributed by atoms with Crippen molar-refractivity contribution in [2.24, 2.45) is 0 Å². The molecule has 0 aliphatic carbocycles. The Bertz CT molecular complexity index is 231. The monoisotopic (exact) mass is 320 g/mol. The Morgan fingerprint density at radius 3 is 1.36 bits per heavy atom. The summed E-state index contributed by atoms with van der Waals surface area (Å²) in [6.45, 7) is 7.00. The van der Waals surface area contributed by atoms with Gasteiger partial charge in [0.05, 0.1) is 0 Å². The van der Waals surface area contributed by atoms with Crippen LogP contribution in [0.25, 0.3) is 0 Å². The highest BCUT2D eigenvalue weighted by molar-refractivity contribution is 5.66. The molecular formula is C16H32O6. The standard InChI is InChI=1S/C12H22O5.C4H10O/c13-11(14)7-3-1-5-9-17-10-6-2-4-8-12(15)16;1-3-5-4-2/h1-10H2,(H,13,14)(H,15,16);3-4H2,1-2H3. The van der Waals surface area contributed by atoms with Crippen LogP contribution >= 0.6 is 0 Å². The van der Waals surface area contributed by atoms with Crippen LogP contribution in [0.1, 0.15) is 65.2 Å². The maximum atomic E-state index is 10.2. The third-order valence-corrected chi connectivity index (χ3v) is 2.77. The maximum absolute atomic E-state index is 10.2. The number of hydrogen-bond donors (Lipinski definition) is 2. The Kier molecular flexibility index (Phi) is 20.9. The van der Waals surface area contributed by atoms with Crippen molar-refractivity contribution >= 4 is 11.9 Å². The number of carbonyl (C=O) groups is 2. The minimum Gasteiger partial charge on any atom is -0.481 e. The molecule has 0 unspecified atom stereocenters. The van der Waals surface area contributed by atoms with E-state index in [0.29, 0.717) is 26.1 Å². The quantitative estimate of drug-likeness (QED) is 0.477. The first-order valence-corrected chi connectivity index (χ1v) is 8.13. The molecule has 132 valence electrons. The fraction of sp³-hybridized carbons (Fsp3) is 0.875. The predicted octanol–water partition coefficient (Wildman–Crippen LogP) is 3.34. The molecule has 0 amide bonds. The van der Waals surface area contributed by atoms with Crippen LogP contribution < -0.4 is 0 Å². The molecule has 6 heteroatoms. The lowest BCUT2D eigenvalue weighted by atomic mass is 10.2. The Balaban J connectivity index is 0. The largest absolute Gasteiger partial charge is 0.481 e. The molecule has 0 saturated heterocycles. The molecule has 0 aromatic rings. The van der Waals surface area contributed by atoms with Crippen molar-refractivity contribution in [1.82, 2.24) is 0 Å². The van der Waals surface area contributed by atoms with Gasteiger partial charge in [-0.3, -0.25) is 9.59 Å². The van der Waals surface area contributed by atoms with Crippen LogP contribution in [0.5, 0.6) is 0 Å². The van der Waals surface area contributed by atoms with Crippen LogP contribution in [0.4, 0.5) is 0 Å². The zero-order valence-corrected chi connectivity index (χ0v) is 14.0. The Morgan fingerprint density at radius 2 is 1.09 bits per heavy atom. The summed E-state index contributed by atoms with van der Waals surface area (Å²) in [6, 6.07) is 0. The zero-order chi connectivity index (χ0) is 17.1. The number of aliphatic carboxylic acids is 2. The smallest absolute Gasteiger partial charge is 0.303 e. The van der Waals surface area contributed by atoms with E-state index in [-0.39, 0.29) is 12.8 Å². The van der Waals surface area contributed by atoms with Gasteiger partial charge in [-0.05, 0) is 39.5 Å². The van der Waals surface area contributed by atoms with Crippen molar-refractivity contribution < 1.29 is 29.3 Å². The topological polar surface area (TPSA) is 93.1 Å². The van der Waals surface area contributed by atoms with Crippen LogP contribution in [-0.4, -0.2) is 48.6 Å². The van der Waals surface area contributed by atoms with Gasteiger partial charge < -0.3 is 19.7 Å². The molecule has 22 heavy (non-hydrogen) atoms. The molecule has 0 aromatic carbocycles. The minimum absolute atomic E-state index is 0.231. The molecule has 0 aromatic heterocycles. The van der Waals surface area contributed by atoms with E-state index < -0.39 is 11.9 Å². The van der Waals surface area contributed by atoms with Crippen LogP contribution in [0.3, 0.4) is 0 Å². The molecule has 0 radical (unpaired) electrons. The van der Waals surface area contributed by atoms with E-state index in [9.17, 15) is 9.59 Å². The number of hydrogen-bond acceptors (Lipinski definition) is 4. The van der Waals surface area contributed by atoms with Crippen LogP contribution in [0.2, 0.25) is 0 Å². The highest BCUT2D eigenvalue weighted by Gasteiger charge is 1.98. The lowest BCUT2D eigenvalue weighted by Gasteiger charge is -2.03. The third kappa shape index (κ3) is 27.2. The van der Waals surface area contributed by atoms with Gasteiger partial charge in [0.2, 0.25) is 0 Å². The second kappa shape index (κ2) is 19.9. The lowest BCUT2D eigenvalue weighted by molar-refractivity contribution is -0.138. The van der Waals surface area contributed by atoms with Crippen molar-refractivity contribution in [3.63, 3.8) is 0 Å². The van der Waals surface area contributed by atoms with Crippen molar-refractivity contribution in [3.05, 3.63) is 0 Å². The summed E-state index contributed by atoms with van der Waals surface area (Å²) in [4.78, 5) is 20.4. The first kappa shape index (κ1) is 23.1. The lowest BCUT2D eigenvalue weighted by Crippen LogP contribution is -1.99. The van der Waals surface area contributed by atoms with E-state index in [1.165, 1.54) is 0 Å². The molecule has 0 rings (SSSR count). The van der Waals surface area contributed by atoms with Gasteiger partial charge >= 0.3 is 11.9 Å². The van der Waals surface area contributed by atoms with Gasteiger partial charge in [0.1, 0.15) is 0 Å². The molecule has 0 spiro atoms.